The molecule has 2 aliphatic heterocycles. The zero-order valence-corrected chi connectivity index (χ0v) is 21.2. The van der Waals surface area contributed by atoms with Crippen LogP contribution in [-0.4, -0.2) is 63.9 Å². The van der Waals surface area contributed by atoms with Crippen LogP contribution in [0.15, 0.2) is 36.2 Å². The third-order valence-electron chi connectivity index (χ3n) is 7.20. The Kier molecular flexibility index (Phi) is 6.79. The molecule has 1 unspecified atom stereocenters. The lowest BCUT2D eigenvalue weighted by Gasteiger charge is -2.37. The van der Waals surface area contributed by atoms with Crippen LogP contribution < -0.4 is 10.2 Å². The maximum Gasteiger partial charge on any atom is 0.228 e. The van der Waals surface area contributed by atoms with E-state index in [-0.39, 0.29) is 24.0 Å². The van der Waals surface area contributed by atoms with Crippen LogP contribution in [0.5, 0.6) is 0 Å². The molecule has 4 heterocycles. The van der Waals surface area contributed by atoms with Gasteiger partial charge in [-0.1, -0.05) is 0 Å². The van der Waals surface area contributed by atoms with Crippen LogP contribution in [0.4, 0.5) is 14.7 Å². The van der Waals surface area contributed by atoms with E-state index in [0.717, 1.165) is 43.7 Å². The largest absolute Gasteiger partial charge is 0.388 e. The van der Waals surface area contributed by atoms with Crippen LogP contribution >= 0.6 is 0 Å². The summed E-state index contributed by atoms with van der Waals surface area (Å²) in [6.07, 6.45) is 9.08. The Morgan fingerprint density at radius 1 is 1.16 bits per heavy atom. The summed E-state index contributed by atoms with van der Waals surface area (Å²) in [4.78, 5) is 11.7. The molecule has 1 aliphatic carbocycles. The second-order valence-electron chi connectivity index (χ2n) is 10.2. The van der Waals surface area contributed by atoms with Crippen molar-refractivity contribution in [1.29, 1.82) is 5.41 Å². The molecule has 0 radical (unpaired) electrons. The molecule has 6 rings (SSSR count). The van der Waals surface area contributed by atoms with E-state index in [2.05, 4.69) is 10.4 Å². The number of aromatic nitrogens is 4. The van der Waals surface area contributed by atoms with Crippen molar-refractivity contribution in [2.24, 2.45) is 0 Å². The van der Waals surface area contributed by atoms with Crippen molar-refractivity contribution >= 4 is 23.2 Å². The molecule has 3 aliphatic rings. The van der Waals surface area contributed by atoms with Crippen LogP contribution in [0, 0.1) is 17.0 Å². The number of fused-ring (bicyclic) bond motifs is 1. The van der Waals surface area contributed by atoms with Gasteiger partial charge in [0.05, 0.1) is 29.9 Å². The summed E-state index contributed by atoms with van der Waals surface area (Å²) >= 11 is 0. The van der Waals surface area contributed by atoms with Gasteiger partial charge in [-0.25, -0.2) is 18.4 Å². The summed E-state index contributed by atoms with van der Waals surface area (Å²) in [5.74, 6) is -0.960. The molecule has 11 heteroatoms. The summed E-state index contributed by atoms with van der Waals surface area (Å²) in [6.45, 7) is 3.54. The van der Waals surface area contributed by atoms with Gasteiger partial charge in [-0.05, 0) is 51.2 Å². The van der Waals surface area contributed by atoms with Crippen molar-refractivity contribution in [2.75, 3.05) is 24.6 Å². The smallest absolute Gasteiger partial charge is 0.228 e. The Labute approximate surface area is 219 Å². The molecule has 0 amide bonds. The Balaban J connectivity index is 1.42. The molecule has 0 spiro atoms. The Bertz CT molecular complexity index is 1370. The molecular weight excluding hydrogens is 492 g/mol. The highest BCUT2D eigenvalue weighted by molar-refractivity contribution is 5.91. The molecule has 1 saturated carbocycles. The standard InChI is InChI=1S/C27H31F2N7O2/c1-16-14-35(15-23(38-16)17(11-30)12-31-19-6-7-19)27-33-25(20-8-5-18(28)10-22(20)29)21-13-32-36(26(21)34-27)24-4-2-3-9-37-24/h5,8,10-13,16,19,23-24,30-31H,2-4,6-7,9,14-15H2,1H3/b17-12+,30-11?/t16-,23-,24?/m1/s1. The van der Waals surface area contributed by atoms with Crippen LogP contribution in [0.1, 0.15) is 45.3 Å². The molecule has 9 nitrogen and oxygen atoms in total. The predicted octanol–water partition coefficient (Wildman–Crippen LogP) is 4.35. The minimum absolute atomic E-state index is 0.157. The minimum atomic E-state index is -0.703. The third kappa shape index (κ3) is 5.00. The average Bonchev–Trinajstić information content (AvgIpc) is 3.65. The molecule has 0 bridgehead atoms. The Morgan fingerprint density at radius 2 is 2.03 bits per heavy atom. The van der Waals surface area contributed by atoms with E-state index in [1.807, 2.05) is 18.0 Å². The molecule has 38 heavy (non-hydrogen) atoms. The van der Waals surface area contributed by atoms with Crippen molar-refractivity contribution in [2.45, 2.75) is 63.5 Å². The number of nitrogens with zero attached hydrogens (tertiary/aromatic N) is 5. The number of benzene rings is 1. The van der Waals surface area contributed by atoms with Crippen LogP contribution in [-0.2, 0) is 9.47 Å². The monoisotopic (exact) mass is 523 g/mol. The molecule has 3 aromatic rings. The minimum Gasteiger partial charge on any atom is -0.388 e. The highest BCUT2D eigenvalue weighted by atomic mass is 19.1. The van der Waals surface area contributed by atoms with E-state index in [1.54, 1.807) is 10.9 Å². The third-order valence-corrected chi connectivity index (χ3v) is 7.20. The number of hydrogen-bond acceptors (Lipinski definition) is 8. The zero-order chi connectivity index (χ0) is 26.2. The fourth-order valence-electron chi connectivity index (χ4n) is 5.06. The summed E-state index contributed by atoms with van der Waals surface area (Å²) in [5, 5.41) is 16.4. The fourth-order valence-corrected chi connectivity index (χ4v) is 5.06. The van der Waals surface area contributed by atoms with Crippen LogP contribution in [0.2, 0.25) is 0 Å². The van der Waals surface area contributed by atoms with Crippen molar-refractivity contribution in [3.8, 4) is 11.3 Å². The van der Waals surface area contributed by atoms with Gasteiger partial charge < -0.3 is 25.1 Å². The maximum absolute atomic E-state index is 15.0. The SMILES string of the molecule is C[C@@H]1CN(c2nc(-c3ccc(F)cc3F)c3cnn(C4CCCCO4)c3n2)C[C@H](/C(C=N)=C/NC2CC2)O1. The zero-order valence-electron chi connectivity index (χ0n) is 21.2. The lowest BCUT2D eigenvalue weighted by Crippen LogP contribution is -2.48. The second-order valence-corrected chi connectivity index (χ2v) is 10.2. The first-order chi connectivity index (χ1) is 18.5. The molecule has 3 atom stereocenters. The molecule has 200 valence electrons. The average molecular weight is 524 g/mol. The first kappa shape index (κ1) is 24.9. The van der Waals surface area contributed by atoms with E-state index in [1.165, 1.54) is 18.3 Å². The molecule has 2 saturated heterocycles. The molecule has 2 aromatic heterocycles. The summed E-state index contributed by atoms with van der Waals surface area (Å²) in [6, 6.07) is 3.94. The highest BCUT2D eigenvalue weighted by Crippen LogP contribution is 2.34. The molecule has 2 N–H and O–H groups in total. The van der Waals surface area contributed by atoms with Gasteiger partial charge in [0, 0.05) is 48.8 Å². The predicted molar refractivity (Wildman–Crippen MR) is 139 cm³/mol. The Hall–Kier alpha value is -3.44. The van der Waals surface area contributed by atoms with E-state index in [0.29, 0.717) is 48.4 Å². The van der Waals surface area contributed by atoms with E-state index in [4.69, 9.17) is 24.9 Å². The van der Waals surface area contributed by atoms with Crippen molar-refractivity contribution in [3.05, 3.63) is 47.8 Å². The highest BCUT2D eigenvalue weighted by Gasteiger charge is 2.31. The first-order valence-corrected chi connectivity index (χ1v) is 13.2. The van der Waals surface area contributed by atoms with E-state index >= 15 is 4.39 Å². The summed E-state index contributed by atoms with van der Waals surface area (Å²) in [5.41, 5.74) is 1.80. The second kappa shape index (κ2) is 10.4. The topological polar surface area (TPSA) is 101 Å². The van der Waals surface area contributed by atoms with Crippen molar-refractivity contribution < 1.29 is 18.3 Å². The molecule has 1 aromatic carbocycles. The number of ether oxygens (including phenoxy) is 2. The molecular formula is C27H31F2N7O2. The van der Waals surface area contributed by atoms with E-state index < -0.39 is 11.6 Å². The van der Waals surface area contributed by atoms with Gasteiger partial charge in [0.2, 0.25) is 5.95 Å². The van der Waals surface area contributed by atoms with E-state index in [9.17, 15) is 4.39 Å². The lowest BCUT2D eigenvalue weighted by atomic mass is 10.1. The molecule has 3 fully saturated rings. The van der Waals surface area contributed by atoms with Gasteiger partial charge in [-0.15, -0.1) is 0 Å². The van der Waals surface area contributed by atoms with Gasteiger partial charge in [-0.3, -0.25) is 0 Å². The van der Waals surface area contributed by atoms with Gasteiger partial charge in [0.25, 0.3) is 0 Å². The maximum atomic E-state index is 15.0. The Morgan fingerprint density at radius 3 is 2.76 bits per heavy atom. The fraction of sp³-hybridized carbons (Fsp3) is 0.481. The quantitative estimate of drug-likeness (QED) is 0.444. The van der Waals surface area contributed by atoms with Gasteiger partial charge in [0.15, 0.2) is 11.9 Å². The van der Waals surface area contributed by atoms with Crippen molar-refractivity contribution in [3.63, 3.8) is 0 Å². The van der Waals surface area contributed by atoms with Gasteiger partial charge >= 0.3 is 0 Å². The number of hydrogen-bond donors (Lipinski definition) is 2. The summed E-state index contributed by atoms with van der Waals surface area (Å²) < 4.78 is 42.7. The van der Waals surface area contributed by atoms with Crippen LogP contribution in [0.25, 0.3) is 22.3 Å². The van der Waals surface area contributed by atoms with Crippen LogP contribution in [0.3, 0.4) is 0 Å². The first-order valence-electron chi connectivity index (χ1n) is 13.2. The van der Waals surface area contributed by atoms with Gasteiger partial charge in [0.1, 0.15) is 17.7 Å². The normalized spacial score (nSPS) is 24.6. The number of morpholine rings is 1. The summed E-state index contributed by atoms with van der Waals surface area (Å²) in [7, 11) is 0. The van der Waals surface area contributed by atoms with Crippen molar-refractivity contribution in [1.82, 2.24) is 25.1 Å². The number of rotatable bonds is 7. The van der Waals surface area contributed by atoms with Gasteiger partial charge in [-0.2, -0.15) is 10.1 Å². The number of halogens is 2. The number of anilines is 1. The number of nitrogens with one attached hydrogen (secondary N) is 2. The lowest BCUT2D eigenvalue weighted by molar-refractivity contribution is -0.0370.